The van der Waals surface area contributed by atoms with Crippen LogP contribution in [-0.4, -0.2) is 58.1 Å². The first-order valence-corrected chi connectivity index (χ1v) is 12.4. The molecule has 6 atom stereocenters. The predicted octanol–water partition coefficient (Wildman–Crippen LogP) is 2.75. The molecule has 3 aliphatic heterocycles. The zero-order valence-corrected chi connectivity index (χ0v) is 20.4. The van der Waals surface area contributed by atoms with Crippen LogP contribution in [0.15, 0.2) is 60.1 Å². The van der Waals surface area contributed by atoms with E-state index in [0.29, 0.717) is 17.9 Å². The number of imidazole rings is 1. The number of nitrogens with one attached hydrogen (secondary N) is 1. The minimum atomic E-state index is -0.595. The second kappa shape index (κ2) is 10.6. The summed E-state index contributed by atoms with van der Waals surface area (Å²) >= 11 is 6.71. The smallest absolute Gasteiger partial charge is 0.173 e. The minimum absolute atomic E-state index is 0.227. The van der Waals surface area contributed by atoms with Crippen LogP contribution in [0.2, 0.25) is 0 Å². The Morgan fingerprint density at radius 3 is 2.83 bits per heavy atom. The van der Waals surface area contributed by atoms with Gasteiger partial charge in [0.2, 0.25) is 0 Å². The van der Waals surface area contributed by atoms with E-state index in [1.54, 1.807) is 6.08 Å². The van der Waals surface area contributed by atoms with Crippen LogP contribution in [0.1, 0.15) is 36.3 Å². The van der Waals surface area contributed by atoms with Crippen LogP contribution in [-0.2, 0) is 20.8 Å². The number of ether oxygens (including phenoxy) is 3. The van der Waals surface area contributed by atoms with Gasteiger partial charge in [0.15, 0.2) is 5.49 Å². The van der Waals surface area contributed by atoms with Gasteiger partial charge in [-0.25, -0.2) is 4.98 Å². The highest BCUT2D eigenvalue weighted by molar-refractivity contribution is 6.24. The number of aromatic nitrogens is 2. The van der Waals surface area contributed by atoms with Gasteiger partial charge in [-0.3, -0.25) is 4.99 Å². The van der Waals surface area contributed by atoms with Crippen LogP contribution in [0.4, 0.5) is 0 Å². The number of fused-ring (bicyclic) bond motifs is 2. The lowest BCUT2D eigenvalue weighted by atomic mass is 9.97. The van der Waals surface area contributed by atoms with Crippen LogP contribution >= 0.6 is 11.6 Å². The number of H-pyrrole nitrogens is 1. The molecule has 0 radical (unpaired) electrons. The summed E-state index contributed by atoms with van der Waals surface area (Å²) in [5, 5.41) is 10.4. The van der Waals surface area contributed by atoms with Crippen molar-refractivity contribution in [2.24, 2.45) is 4.99 Å². The van der Waals surface area contributed by atoms with E-state index in [4.69, 9.17) is 30.8 Å². The van der Waals surface area contributed by atoms with Crippen LogP contribution in [0, 0.1) is 0 Å². The Morgan fingerprint density at radius 2 is 2.06 bits per heavy atom. The molecule has 8 heteroatoms. The fourth-order valence-corrected chi connectivity index (χ4v) is 5.07. The van der Waals surface area contributed by atoms with E-state index < -0.39 is 6.10 Å². The molecule has 184 valence electrons. The maximum absolute atomic E-state index is 9.89. The van der Waals surface area contributed by atoms with E-state index in [1.165, 1.54) is 0 Å². The Kier molecular flexibility index (Phi) is 7.32. The number of alkyl halides is 1. The normalized spacial score (nSPS) is 30.1. The fraction of sp³-hybridized carbons (Fsp3) is 0.407. The van der Waals surface area contributed by atoms with E-state index >= 15 is 0 Å². The Hall–Kier alpha value is -2.55. The zero-order chi connectivity index (χ0) is 24.4. The average Bonchev–Trinajstić information content (AvgIpc) is 3.56. The van der Waals surface area contributed by atoms with Gasteiger partial charge in [0, 0.05) is 0 Å². The second-order valence-electron chi connectivity index (χ2n) is 8.90. The van der Waals surface area contributed by atoms with Crippen molar-refractivity contribution in [2.75, 3.05) is 13.2 Å². The third-order valence-electron chi connectivity index (χ3n) is 6.49. The maximum atomic E-state index is 9.89. The molecule has 0 amide bonds. The third kappa shape index (κ3) is 5.06. The van der Waals surface area contributed by atoms with Crippen molar-refractivity contribution < 1.29 is 19.3 Å². The van der Waals surface area contributed by atoms with Crippen LogP contribution in [0.5, 0.6) is 0 Å². The first-order valence-electron chi connectivity index (χ1n) is 12.0. The number of aliphatic hydroxyl groups is 1. The van der Waals surface area contributed by atoms with Gasteiger partial charge in [-0.2, -0.15) is 0 Å². The number of rotatable bonds is 8. The second-order valence-corrected chi connectivity index (χ2v) is 9.41. The first kappa shape index (κ1) is 24.2. The first-order chi connectivity index (χ1) is 17.1. The van der Waals surface area contributed by atoms with Gasteiger partial charge >= 0.3 is 0 Å². The molecule has 6 unspecified atom stereocenters. The quantitative estimate of drug-likeness (QED) is 0.434. The summed E-state index contributed by atoms with van der Waals surface area (Å²) < 4.78 is 17.2. The van der Waals surface area contributed by atoms with Crippen molar-refractivity contribution in [2.45, 2.75) is 55.8 Å². The lowest BCUT2D eigenvalue weighted by molar-refractivity contribution is -0.0456. The highest BCUT2D eigenvalue weighted by Gasteiger charge is 2.47. The highest BCUT2D eigenvalue weighted by Crippen LogP contribution is 2.30. The van der Waals surface area contributed by atoms with Crippen LogP contribution < -0.4 is 10.8 Å². The van der Waals surface area contributed by atoms with Crippen LogP contribution in [0.3, 0.4) is 0 Å². The molecular weight excluding hydrogens is 466 g/mol. The largest absolute Gasteiger partial charge is 0.388 e. The minimum Gasteiger partial charge on any atom is -0.388 e. The molecule has 1 aromatic heterocycles. The SMILES string of the molecule is C=C/C=C\C(=C/CC)c1ccc(C2N=c3nc(COC4COC5C(O)COC45)[nH]c3=CC2Cl)cc1. The van der Waals surface area contributed by atoms with Gasteiger partial charge in [-0.15, -0.1) is 11.6 Å². The number of hydrogen-bond acceptors (Lipinski definition) is 6. The Balaban J connectivity index is 1.30. The standard InChI is InChI=1S/C27H30ClN3O4/c1-3-5-7-16(6-4-2)17-8-10-18(11-9-17)24-19(28)12-20-27(31-24)30-23(29-20)15-33-22-14-35-25-21(32)13-34-26(22)25/h3,5-12,19,21-22,24-26,32H,1,4,13-15H2,2H3,(H,29,30,31)/b7-5-,16-6+. The van der Waals surface area contributed by atoms with Gasteiger partial charge in [0.1, 0.15) is 36.8 Å². The van der Waals surface area contributed by atoms with Crippen LogP contribution in [0.25, 0.3) is 11.6 Å². The summed E-state index contributed by atoms with van der Waals surface area (Å²) in [6.45, 7) is 6.82. The monoisotopic (exact) mass is 495 g/mol. The van der Waals surface area contributed by atoms with Crippen molar-refractivity contribution in [3.8, 4) is 0 Å². The molecule has 7 nitrogen and oxygen atoms in total. The fourth-order valence-electron chi connectivity index (χ4n) is 4.74. The maximum Gasteiger partial charge on any atom is 0.173 e. The van der Waals surface area contributed by atoms with Crippen molar-refractivity contribution in [1.29, 1.82) is 0 Å². The summed E-state index contributed by atoms with van der Waals surface area (Å²) in [6.07, 6.45) is 9.49. The Labute approximate surface area is 209 Å². The summed E-state index contributed by atoms with van der Waals surface area (Å²) in [5.74, 6) is 0.667. The topological polar surface area (TPSA) is 89.0 Å². The van der Waals surface area contributed by atoms with E-state index in [-0.39, 0.29) is 42.9 Å². The molecule has 2 N–H and O–H groups in total. The number of allylic oxidation sites excluding steroid dienone is 5. The summed E-state index contributed by atoms with van der Waals surface area (Å²) in [7, 11) is 0. The van der Waals surface area contributed by atoms with Crippen molar-refractivity contribution >= 4 is 23.3 Å². The van der Waals surface area contributed by atoms with E-state index in [2.05, 4.69) is 59.9 Å². The average molecular weight is 496 g/mol. The van der Waals surface area contributed by atoms with E-state index in [1.807, 2.05) is 12.2 Å². The molecule has 2 fully saturated rings. The summed E-state index contributed by atoms with van der Waals surface area (Å²) in [6, 6.07) is 8.12. The Morgan fingerprint density at radius 1 is 1.26 bits per heavy atom. The van der Waals surface area contributed by atoms with Crippen molar-refractivity contribution in [3.63, 3.8) is 0 Å². The molecule has 35 heavy (non-hydrogen) atoms. The number of halogens is 1. The number of hydrogen-bond donors (Lipinski definition) is 2. The summed E-state index contributed by atoms with van der Waals surface area (Å²) in [5.41, 5.74) is 3.95. The molecule has 0 saturated carbocycles. The van der Waals surface area contributed by atoms with E-state index in [9.17, 15) is 5.11 Å². The molecule has 0 spiro atoms. The Bertz CT molecular complexity index is 1240. The molecule has 5 rings (SSSR count). The van der Waals surface area contributed by atoms with Gasteiger partial charge in [-0.05, 0) is 29.2 Å². The molecule has 0 bridgehead atoms. The molecule has 2 aromatic rings. The number of benzene rings is 1. The van der Waals surface area contributed by atoms with E-state index in [0.717, 1.165) is 28.5 Å². The lowest BCUT2D eigenvalue weighted by Gasteiger charge is -2.18. The third-order valence-corrected chi connectivity index (χ3v) is 6.85. The lowest BCUT2D eigenvalue weighted by Crippen LogP contribution is -2.33. The molecule has 3 aliphatic rings. The zero-order valence-electron chi connectivity index (χ0n) is 19.6. The molecule has 4 heterocycles. The van der Waals surface area contributed by atoms with Gasteiger partial charge in [-0.1, -0.05) is 62.1 Å². The molecular formula is C27H30ClN3O4. The van der Waals surface area contributed by atoms with Gasteiger partial charge in [0.05, 0.1) is 30.0 Å². The summed E-state index contributed by atoms with van der Waals surface area (Å²) in [4.78, 5) is 12.7. The predicted molar refractivity (Wildman–Crippen MR) is 134 cm³/mol. The molecule has 1 aromatic carbocycles. The van der Waals surface area contributed by atoms with Crippen molar-refractivity contribution in [1.82, 2.24) is 9.97 Å². The number of aromatic amines is 1. The molecule has 0 aliphatic carbocycles. The number of aliphatic hydroxyl groups excluding tert-OH is 1. The number of nitrogens with zero attached hydrogens (tertiary/aromatic N) is 2. The molecule has 2 saturated heterocycles. The van der Waals surface area contributed by atoms with Crippen molar-refractivity contribution in [3.05, 3.63) is 82.9 Å². The van der Waals surface area contributed by atoms with Gasteiger partial charge in [0.25, 0.3) is 0 Å². The highest BCUT2D eigenvalue weighted by atomic mass is 35.5. The van der Waals surface area contributed by atoms with Gasteiger partial charge < -0.3 is 24.3 Å².